The Kier molecular flexibility index (Phi) is 3.91. The molecule has 6 heteroatoms. The molecule has 1 N–H and O–H groups in total. The van der Waals surface area contributed by atoms with Gasteiger partial charge in [0.15, 0.2) is 5.76 Å². The van der Waals surface area contributed by atoms with Crippen LogP contribution in [0.3, 0.4) is 0 Å². The summed E-state index contributed by atoms with van der Waals surface area (Å²) in [5.41, 5.74) is 0.672. The molecule has 0 unspecified atom stereocenters. The second-order valence-electron chi connectivity index (χ2n) is 5.24. The zero-order chi connectivity index (χ0) is 15.5. The van der Waals surface area contributed by atoms with E-state index in [2.05, 4.69) is 5.32 Å². The van der Waals surface area contributed by atoms with E-state index in [0.29, 0.717) is 25.2 Å². The van der Waals surface area contributed by atoms with Crippen LogP contribution in [-0.2, 0) is 4.79 Å². The average Bonchev–Trinajstić information content (AvgIpc) is 3.15. The minimum atomic E-state index is -0.336. The topological polar surface area (TPSA) is 62.6 Å². The summed E-state index contributed by atoms with van der Waals surface area (Å²) in [5.74, 6) is -0.379. The van der Waals surface area contributed by atoms with E-state index in [-0.39, 0.29) is 29.3 Å². The van der Waals surface area contributed by atoms with Gasteiger partial charge in [0.25, 0.3) is 5.91 Å². The normalized spacial score (nSPS) is 17.8. The van der Waals surface area contributed by atoms with Crippen LogP contribution in [0.2, 0.25) is 0 Å². The number of hydrogen-bond donors (Lipinski definition) is 1. The van der Waals surface area contributed by atoms with E-state index in [4.69, 9.17) is 4.42 Å². The van der Waals surface area contributed by atoms with Gasteiger partial charge in [-0.3, -0.25) is 9.59 Å². The van der Waals surface area contributed by atoms with Crippen molar-refractivity contribution in [2.45, 2.75) is 6.42 Å². The Morgan fingerprint density at radius 2 is 2.09 bits per heavy atom. The summed E-state index contributed by atoms with van der Waals surface area (Å²) in [6.07, 6.45) is 1.79. The van der Waals surface area contributed by atoms with Crippen molar-refractivity contribution in [3.05, 3.63) is 54.2 Å². The molecule has 5 nitrogen and oxygen atoms in total. The first-order valence-corrected chi connectivity index (χ1v) is 7.01. The zero-order valence-corrected chi connectivity index (χ0v) is 11.8. The number of halogens is 1. The lowest BCUT2D eigenvalue weighted by Gasteiger charge is -2.16. The summed E-state index contributed by atoms with van der Waals surface area (Å²) >= 11 is 0. The fourth-order valence-corrected chi connectivity index (χ4v) is 2.52. The number of nitrogens with zero attached hydrogens (tertiary/aromatic N) is 1. The Labute approximate surface area is 126 Å². The van der Waals surface area contributed by atoms with Gasteiger partial charge in [-0.05, 0) is 36.4 Å². The molecule has 0 aliphatic carbocycles. The molecule has 2 heterocycles. The number of rotatable bonds is 4. The molecule has 114 valence electrons. The highest BCUT2D eigenvalue weighted by molar-refractivity contribution is 5.96. The summed E-state index contributed by atoms with van der Waals surface area (Å²) < 4.78 is 17.9. The van der Waals surface area contributed by atoms with Gasteiger partial charge >= 0.3 is 0 Å². The van der Waals surface area contributed by atoms with Gasteiger partial charge in [-0.25, -0.2) is 4.39 Å². The summed E-state index contributed by atoms with van der Waals surface area (Å²) in [7, 11) is 0. The molecule has 0 saturated carbocycles. The Morgan fingerprint density at radius 3 is 2.77 bits per heavy atom. The van der Waals surface area contributed by atoms with E-state index >= 15 is 0 Å². The van der Waals surface area contributed by atoms with Gasteiger partial charge < -0.3 is 14.6 Å². The predicted octanol–water partition coefficient (Wildman–Crippen LogP) is 2.20. The van der Waals surface area contributed by atoms with Crippen LogP contribution in [0.15, 0.2) is 47.1 Å². The summed E-state index contributed by atoms with van der Waals surface area (Å²) in [6.45, 7) is 0.895. The highest BCUT2D eigenvalue weighted by atomic mass is 19.1. The van der Waals surface area contributed by atoms with Crippen LogP contribution in [-0.4, -0.2) is 24.9 Å². The number of carbonyl (C=O) groups excluding carboxylic acids is 2. The second kappa shape index (κ2) is 6.01. The fourth-order valence-electron chi connectivity index (χ4n) is 2.52. The van der Waals surface area contributed by atoms with Crippen molar-refractivity contribution < 1.29 is 18.4 Å². The van der Waals surface area contributed by atoms with Crippen molar-refractivity contribution in [2.75, 3.05) is 18.0 Å². The monoisotopic (exact) mass is 302 g/mol. The van der Waals surface area contributed by atoms with Crippen molar-refractivity contribution in [3.63, 3.8) is 0 Å². The minimum Gasteiger partial charge on any atom is -0.459 e. The molecule has 2 amide bonds. The van der Waals surface area contributed by atoms with Gasteiger partial charge in [0.2, 0.25) is 5.91 Å². The van der Waals surface area contributed by atoms with Crippen LogP contribution < -0.4 is 10.2 Å². The van der Waals surface area contributed by atoms with E-state index < -0.39 is 0 Å². The van der Waals surface area contributed by atoms with Gasteiger partial charge in [0.1, 0.15) is 5.82 Å². The largest absolute Gasteiger partial charge is 0.459 e. The molecule has 1 saturated heterocycles. The van der Waals surface area contributed by atoms with Crippen LogP contribution in [0.25, 0.3) is 0 Å². The highest BCUT2D eigenvalue weighted by Gasteiger charge is 2.30. The molecule has 1 atom stereocenters. The molecule has 0 radical (unpaired) electrons. The summed E-state index contributed by atoms with van der Waals surface area (Å²) in [5, 5.41) is 2.76. The van der Waals surface area contributed by atoms with Crippen molar-refractivity contribution >= 4 is 17.5 Å². The van der Waals surface area contributed by atoms with Crippen molar-refractivity contribution in [2.24, 2.45) is 5.92 Å². The third-order valence-corrected chi connectivity index (χ3v) is 3.64. The molecular formula is C16H15FN2O3. The van der Waals surface area contributed by atoms with Gasteiger partial charge in [-0.15, -0.1) is 0 Å². The highest BCUT2D eigenvalue weighted by Crippen LogP contribution is 2.24. The fraction of sp³-hybridized carbons (Fsp3) is 0.250. The lowest BCUT2D eigenvalue weighted by molar-refractivity contribution is -0.117. The predicted molar refractivity (Wildman–Crippen MR) is 77.9 cm³/mol. The Balaban J connectivity index is 1.58. The maximum atomic E-state index is 12.9. The molecular weight excluding hydrogens is 287 g/mol. The molecule has 1 aliphatic rings. The number of anilines is 1. The smallest absolute Gasteiger partial charge is 0.286 e. The Bertz CT molecular complexity index is 667. The minimum absolute atomic E-state index is 0.0242. The molecule has 2 aromatic rings. The Hall–Kier alpha value is -2.63. The summed E-state index contributed by atoms with van der Waals surface area (Å²) in [4.78, 5) is 25.4. The van der Waals surface area contributed by atoms with Crippen LogP contribution in [0, 0.1) is 11.7 Å². The number of amides is 2. The first-order valence-electron chi connectivity index (χ1n) is 7.01. The van der Waals surface area contributed by atoms with Crippen LogP contribution >= 0.6 is 0 Å². The number of benzene rings is 1. The quantitative estimate of drug-likeness (QED) is 0.942. The van der Waals surface area contributed by atoms with Crippen molar-refractivity contribution in [1.82, 2.24) is 5.32 Å². The first-order chi connectivity index (χ1) is 10.6. The maximum Gasteiger partial charge on any atom is 0.286 e. The van der Waals surface area contributed by atoms with E-state index in [1.807, 2.05) is 0 Å². The SMILES string of the molecule is O=C(NC[C@@H]1CC(=O)N(c2ccc(F)cc2)C1)c1ccco1. The van der Waals surface area contributed by atoms with Gasteiger partial charge in [0, 0.05) is 31.1 Å². The van der Waals surface area contributed by atoms with Gasteiger partial charge in [-0.1, -0.05) is 0 Å². The third kappa shape index (κ3) is 3.00. The lowest BCUT2D eigenvalue weighted by atomic mass is 10.1. The molecule has 0 spiro atoms. The third-order valence-electron chi connectivity index (χ3n) is 3.64. The summed E-state index contributed by atoms with van der Waals surface area (Å²) in [6, 6.07) is 9.04. The van der Waals surface area contributed by atoms with E-state index in [0.717, 1.165) is 0 Å². The van der Waals surface area contributed by atoms with Crippen LogP contribution in [0.1, 0.15) is 17.0 Å². The molecule has 3 rings (SSSR count). The van der Waals surface area contributed by atoms with Gasteiger partial charge in [-0.2, -0.15) is 0 Å². The van der Waals surface area contributed by atoms with Crippen LogP contribution in [0.4, 0.5) is 10.1 Å². The molecule has 1 fully saturated rings. The number of carbonyl (C=O) groups is 2. The zero-order valence-electron chi connectivity index (χ0n) is 11.8. The van der Waals surface area contributed by atoms with Crippen molar-refractivity contribution in [1.29, 1.82) is 0 Å². The van der Waals surface area contributed by atoms with Crippen LogP contribution in [0.5, 0.6) is 0 Å². The number of hydrogen-bond acceptors (Lipinski definition) is 3. The van der Waals surface area contributed by atoms with E-state index in [1.54, 1.807) is 29.2 Å². The first kappa shape index (κ1) is 14.3. The number of nitrogens with one attached hydrogen (secondary N) is 1. The average molecular weight is 302 g/mol. The molecule has 1 aromatic heterocycles. The molecule has 1 aromatic carbocycles. The van der Waals surface area contributed by atoms with E-state index in [1.165, 1.54) is 18.4 Å². The van der Waals surface area contributed by atoms with Crippen molar-refractivity contribution in [3.8, 4) is 0 Å². The lowest BCUT2D eigenvalue weighted by Crippen LogP contribution is -2.31. The van der Waals surface area contributed by atoms with E-state index in [9.17, 15) is 14.0 Å². The second-order valence-corrected chi connectivity index (χ2v) is 5.24. The molecule has 0 bridgehead atoms. The Morgan fingerprint density at radius 1 is 1.32 bits per heavy atom. The maximum absolute atomic E-state index is 12.9. The standard InChI is InChI=1S/C16H15FN2O3/c17-12-3-5-13(6-4-12)19-10-11(8-15(19)20)9-18-16(21)14-2-1-7-22-14/h1-7,11H,8-10H2,(H,18,21)/t11-/m0/s1. The molecule has 22 heavy (non-hydrogen) atoms. The molecule has 1 aliphatic heterocycles. The number of furan rings is 1. The van der Waals surface area contributed by atoms with Gasteiger partial charge in [0.05, 0.1) is 6.26 Å².